The fourth-order valence-corrected chi connectivity index (χ4v) is 3.22. The molecule has 0 aromatic heterocycles. The minimum atomic E-state index is -0.129. The molecule has 0 saturated carbocycles. The van der Waals surface area contributed by atoms with Crippen molar-refractivity contribution in [3.05, 3.63) is 59.7 Å². The predicted octanol–water partition coefficient (Wildman–Crippen LogP) is 5.20. The van der Waals surface area contributed by atoms with E-state index in [0.717, 1.165) is 24.8 Å². The van der Waals surface area contributed by atoms with E-state index in [1.54, 1.807) is 0 Å². The fraction of sp³-hybridized carbons (Fsp3) is 0.450. The highest BCUT2D eigenvalue weighted by Gasteiger charge is 2.30. The molecule has 1 aliphatic rings. The Morgan fingerprint density at radius 3 is 2.73 bits per heavy atom. The molecule has 0 N–H and O–H groups in total. The summed E-state index contributed by atoms with van der Waals surface area (Å²) in [7, 11) is 0. The molecule has 1 aromatic rings. The number of hydrogen-bond acceptors (Lipinski definition) is 2. The van der Waals surface area contributed by atoms with E-state index in [1.165, 1.54) is 17.6 Å². The average molecular weight is 298 g/mol. The lowest BCUT2D eigenvalue weighted by Gasteiger charge is -2.35. The molecule has 0 fully saturated rings. The van der Waals surface area contributed by atoms with Gasteiger partial charge in [0.1, 0.15) is 6.61 Å². The van der Waals surface area contributed by atoms with Crippen LogP contribution in [0.25, 0.3) is 0 Å². The van der Waals surface area contributed by atoms with Crippen molar-refractivity contribution in [2.24, 2.45) is 5.41 Å². The molecule has 2 heteroatoms. The summed E-state index contributed by atoms with van der Waals surface area (Å²) in [5.74, 6) is -0.129. The first-order valence-electron chi connectivity index (χ1n) is 8.05. The van der Waals surface area contributed by atoms with Crippen LogP contribution in [-0.4, -0.2) is 5.97 Å². The number of carbonyl (C=O) groups is 1. The number of benzene rings is 1. The molecule has 0 aliphatic heterocycles. The minimum absolute atomic E-state index is 0.0857. The summed E-state index contributed by atoms with van der Waals surface area (Å²) >= 11 is 0. The van der Waals surface area contributed by atoms with Gasteiger partial charge in [-0.05, 0) is 36.7 Å². The Morgan fingerprint density at radius 2 is 2.05 bits per heavy atom. The number of hydrogen-bond donors (Lipinski definition) is 0. The van der Waals surface area contributed by atoms with Crippen molar-refractivity contribution in [1.29, 1.82) is 0 Å². The molecule has 118 valence electrons. The van der Waals surface area contributed by atoms with E-state index in [9.17, 15) is 4.79 Å². The van der Waals surface area contributed by atoms with Gasteiger partial charge < -0.3 is 4.74 Å². The van der Waals surface area contributed by atoms with Gasteiger partial charge in [0.2, 0.25) is 0 Å². The predicted molar refractivity (Wildman–Crippen MR) is 90.3 cm³/mol. The topological polar surface area (TPSA) is 26.3 Å². The maximum atomic E-state index is 12.2. The van der Waals surface area contributed by atoms with E-state index in [2.05, 4.69) is 20.4 Å². The molecule has 0 bridgehead atoms. The number of ether oxygens (including phenoxy) is 1. The second-order valence-corrected chi connectivity index (χ2v) is 6.64. The second-order valence-electron chi connectivity index (χ2n) is 6.64. The SMILES string of the molecule is C=CCC1=C(CC(=O)OCc2ccccc2)C(C)(C)CCC1. The third kappa shape index (κ3) is 4.33. The van der Waals surface area contributed by atoms with Crippen LogP contribution in [0.15, 0.2) is 54.1 Å². The zero-order valence-corrected chi connectivity index (χ0v) is 13.7. The molecule has 0 unspecified atom stereocenters. The van der Waals surface area contributed by atoms with Gasteiger partial charge in [0.25, 0.3) is 0 Å². The molecule has 1 aromatic carbocycles. The van der Waals surface area contributed by atoms with E-state index >= 15 is 0 Å². The standard InChI is InChI=1S/C20H26O2/c1-4-9-17-12-8-13-20(2,3)18(17)14-19(21)22-15-16-10-6-5-7-11-16/h4-7,10-11H,1,8-9,12-15H2,2-3H3. The van der Waals surface area contributed by atoms with Crippen LogP contribution in [0.2, 0.25) is 0 Å². The summed E-state index contributed by atoms with van der Waals surface area (Å²) in [6.07, 6.45) is 6.63. The second kappa shape index (κ2) is 7.44. The highest BCUT2D eigenvalue weighted by molar-refractivity contribution is 5.73. The molecule has 2 nitrogen and oxygen atoms in total. The van der Waals surface area contributed by atoms with E-state index in [0.29, 0.717) is 13.0 Å². The highest BCUT2D eigenvalue weighted by atomic mass is 16.5. The number of esters is 1. The number of carbonyl (C=O) groups excluding carboxylic acids is 1. The molecule has 22 heavy (non-hydrogen) atoms. The Morgan fingerprint density at radius 1 is 1.32 bits per heavy atom. The van der Waals surface area contributed by atoms with Gasteiger partial charge in [-0.1, -0.05) is 61.4 Å². The van der Waals surface area contributed by atoms with Gasteiger partial charge >= 0.3 is 5.97 Å². The zero-order chi connectivity index (χ0) is 16.0. The van der Waals surface area contributed by atoms with Gasteiger partial charge in [-0.15, -0.1) is 6.58 Å². The van der Waals surface area contributed by atoms with Crippen molar-refractivity contribution in [3.63, 3.8) is 0 Å². The van der Waals surface area contributed by atoms with Crippen molar-refractivity contribution < 1.29 is 9.53 Å². The summed E-state index contributed by atoms with van der Waals surface area (Å²) in [5, 5.41) is 0. The summed E-state index contributed by atoms with van der Waals surface area (Å²) in [4.78, 5) is 12.2. The largest absolute Gasteiger partial charge is 0.461 e. The molecule has 0 radical (unpaired) electrons. The number of rotatable bonds is 6. The van der Waals surface area contributed by atoms with E-state index in [4.69, 9.17) is 4.74 Å². The lowest BCUT2D eigenvalue weighted by atomic mass is 9.70. The number of allylic oxidation sites excluding steroid dienone is 2. The lowest BCUT2D eigenvalue weighted by Crippen LogP contribution is -2.23. The first kappa shape index (κ1) is 16.5. The van der Waals surface area contributed by atoms with Gasteiger partial charge in [-0.2, -0.15) is 0 Å². The molecule has 0 saturated heterocycles. The quantitative estimate of drug-likeness (QED) is 0.533. The molecule has 1 aliphatic carbocycles. The molecule has 2 rings (SSSR count). The van der Waals surface area contributed by atoms with Crippen LogP contribution in [0.3, 0.4) is 0 Å². The van der Waals surface area contributed by atoms with Gasteiger partial charge in [-0.3, -0.25) is 4.79 Å². The van der Waals surface area contributed by atoms with Crippen molar-refractivity contribution in [2.75, 3.05) is 0 Å². The average Bonchev–Trinajstić information content (AvgIpc) is 2.50. The van der Waals surface area contributed by atoms with Gasteiger partial charge in [-0.25, -0.2) is 0 Å². The zero-order valence-electron chi connectivity index (χ0n) is 13.7. The third-order valence-electron chi connectivity index (χ3n) is 4.48. The normalized spacial score (nSPS) is 17.2. The summed E-state index contributed by atoms with van der Waals surface area (Å²) in [5.41, 5.74) is 3.75. The summed E-state index contributed by atoms with van der Waals surface area (Å²) in [6.45, 7) is 8.66. The van der Waals surface area contributed by atoms with Crippen molar-refractivity contribution >= 4 is 5.97 Å². The Bertz CT molecular complexity index is 552. The monoisotopic (exact) mass is 298 g/mol. The maximum absolute atomic E-state index is 12.2. The van der Waals surface area contributed by atoms with Crippen LogP contribution in [0.5, 0.6) is 0 Å². The van der Waals surface area contributed by atoms with Gasteiger partial charge in [0.05, 0.1) is 6.42 Å². The molecule has 0 atom stereocenters. The Hall–Kier alpha value is -1.83. The summed E-state index contributed by atoms with van der Waals surface area (Å²) in [6, 6.07) is 9.82. The minimum Gasteiger partial charge on any atom is -0.461 e. The highest BCUT2D eigenvalue weighted by Crippen LogP contribution is 2.43. The Balaban J connectivity index is 2.02. The molecule has 0 spiro atoms. The van der Waals surface area contributed by atoms with E-state index in [-0.39, 0.29) is 11.4 Å². The van der Waals surface area contributed by atoms with Crippen LogP contribution in [0.1, 0.15) is 51.5 Å². The summed E-state index contributed by atoms with van der Waals surface area (Å²) < 4.78 is 5.45. The molecule has 0 heterocycles. The first-order chi connectivity index (χ1) is 10.5. The van der Waals surface area contributed by atoms with E-state index in [1.807, 2.05) is 36.4 Å². The molecule has 0 amide bonds. The fourth-order valence-electron chi connectivity index (χ4n) is 3.22. The van der Waals surface area contributed by atoms with Crippen molar-refractivity contribution in [3.8, 4) is 0 Å². The first-order valence-corrected chi connectivity index (χ1v) is 8.05. The van der Waals surface area contributed by atoms with Crippen LogP contribution in [0.4, 0.5) is 0 Å². The van der Waals surface area contributed by atoms with Crippen molar-refractivity contribution in [1.82, 2.24) is 0 Å². The van der Waals surface area contributed by atoms with Crippen LogP contribution < -0.4 is 0 Å². The Labute approximate surface area is 133 Å². The molecular formula is C20H26O2. The van der Waals surface area contributed by atoms with Crippen LogP contribution >= 0.6 is 0 Å². The van der Waals surface area contributed by atoms with Gasteiger partial charge in [0.15, 0.2) is 0 Å². The van der Waals surface area contributed by atoms with E-state index < -0.39 is 0 Å². The van der Waals surface area contributed by atoms with Crippen LogP contribution in [0, 0.1) is 5.41 Å². The van der Waals surface area contributed by atoms with Crippen molar-refractivity contribution in [2.45, 2.75) is 52.6 Å². The lowest BCUT2D eigenvalue weighted by molar-refractivity contribution is -0.144. The maximum Gasteiger partial charge on any atom is 0.310 e. The smallest absolute Gasteiger partial charge is 0.310 e. The molecular weight excluding hydrogens is 272 g/mol. The Kier molecular flexibility index (Phi) is 5.59. The van der Waals surface area contributed by atoms with Gasteiger partial charge in [0, 0.05) is 0 Å². The van der Waals surface area contributed by atoms with Crippen LogP contribution in [-0.2, 0) is 16.1 Å². The third-order valence-corrected chi connectivity index (χ3v) is 4.48.